The zero-order chi connectivity index (χ0) is 18.1. The lowest BCUT2D eigenvalue weighted by Gasteiger charge is -2.15. The first kappa shape index (κ1) is 16.6. The Kier molecular flexibility index (Phi) is 4.34. The van der Waals surface area contributed by atoms with Crippen molar-refractivity contribution >= 4 is 23.5 Å². The zero-order valence-corrected chi connectivity index (χ0v) is 14.4. The summed E-state index contributed by atoms with van der Waals surface area (Å²) in [5.41, 5.74) is 6.45. The molecule has 0 saturated heterocycles. The van der Waals surface area contributed by atoms with Crippen LogP contribution in [0.2, 0.25) is 0 Å². The highest BCUT2D eigenvalue weighted by atomic mass is 32.1. The van der Waals surface area contributed by atoms with E-state index in [4.69, 9.17) is 0 Å². The fourth-order valence-corrected chi connectivity index (χ4v) is 4.16. The van der Waals surface area contributed by atoms with Crippen molar-refractivity contribution in [1.29, 1.82) is 0 Å². The fourth-order valence-electron chi connectivity index (χ4n) is 3.00. The van der Waals surface area contributed by atoms with Crippen molar-refractivity contribution in [3.05, 3.63) is 81.7 Å². The zero-order valence-electron chi connectivity index (χ0n) is 13.6. The van der Waals surface area contributed by atoms with E-state index in [1.165, 1.54) is 40.3 Å². The number of carbonyl (C=O) groups excluding carboxylic acids is 1. The molecular weight excluding hydrogens is 354 g/mol. The number of benzene rings is 2. The quantitative estimate of drug-likeness (QED) is 0.535. The molecule has 1 N–H and O–H groups in total. The Hall–Kier alpha value is -2.86. The summed E-state index contributed by atoms with van der Waals surface area (Å²) in [4.78, 5) is 14.0. The van der Waals surface area contributed by atoms with Crippen LogP contribution in [0.5, 0.6) is 0 Å². The molecule has 3 nitrogen and oxygen atoms in total. The predicted molar refractivity (Wildman–Crippen MR) is 98.6 cm³/mol. The number of rotatable bonds is 3. The Bertz CT molecular complexity index is 1030. The van der Waals surface area contributed by atoms with Gasteiger partial charge in [0.1, 0.15) is 0 Å². The minimum Gasteiger partial charge on any atom is -0.266 e. The van der Waals surface area contributed by atoms with Crippen LogP contribution in [0.3, 0.4) is 0 Å². The van der Waals surface area contributed by atoms with Gasteiger partial charge < -0.3 is 0 Å². The molecule has 0 saturated carbocycles. The van der Waals surface area contributed by atoms with Gasteiger partial charge >= 0.3 is 0 Å². The number of fused-ring (bicyclic) bond motifs is 3. The van der Waals surface area contributed by atoms with E-state index in [2.05, 4.69) is 22.7 Å². The van der Waals surface area contributed by atoms with Crippen LogP contribution in [0.25, 0.3) is 10.4 Å². The SMILES string of the molecule is O=C(N/N=C/c1ccc(F)c(F)c1)c1cc2c(s1)-c1ccccc1CC2. The molecule has 3 aromatic rings. The second-order valence-corrected chi connectivity index (χ2v) is 7.05. The van der Waals surface area contributed by atoms with Gasteiger partial charge in [-0.05, 0) is 53.3 Å². The summed E-state index contributed by atoms with van der Waals surface area (Å²) in [6.45, 7) is 0. The summed E-state index contributed by atoms with van der Waals surface area (Å²) in [7, 11) is 0. The lowest BCUT2D eigenvalue weighted by Crippen LogP contribution is -2.16. The van der Waals surface area contributed by atoms with E-state index in [1.54, 1.807) is 0 Å². The Balaban J connectivity index is 1.51. The summed E-state index contributed by atoms with van der Waals surface area (Å²) in [5.74, 6) is -2.19. The number of amides is 1. The molecule has 130 valence electrons. The Labute approximate surface area is 153 Å². The monoisotopic (exact) mass is 368 g/mol. The Morgan fingerprint density at radius 3 is 2.69 bits per heavy atom. The van der Waals surface area contributed by atoms with Crippen LogP contribution in [0, 0.1) is 11.6 Å². The van der Waals surface area contributed by atoms with Gasteiger partial charge in [0, 0.05) is 4.88 Å². The number of thiophene rings is 1. The molecule has 2 aromatic carbocycles. The molecule has 0 atom stereocenters. The number of nitrogens with one attached hydrogen (secondary N) is 1. The minimum absolute atomic E-state index is 0.319. The fraction of sp³-hybridized carbons (Fsp3) is 0.100. The van der Waals surface area contributed by atoms with Crippen molar-refractivity contribution in [2.24, 2.45) is 5.10 Å². The largest absolute Gasteiger partial charge is 0.281 e. The third-order valence-corrected chi connectivity index (χ3v) is 5.49. The van der Waals surface area contributed by atoms with Crippen molar-refractivity contribution in [2.75, 3.05) is 0 Å². The van der Waals surface area contributed by atoms with Crippen molar-refractivity contribution in [3.8, 4) is 10.4 Å². The molecule has 26 heavy (non-hydrogen) atoms. The number of nitrogens with zero attached hydrogens (tertiary/aromatic N) is 1. The van der Waals surface area contributed by atoms with E-state index in [9.17, 15) is 13.6 Å². The topological polar surface area (TPSA) is 41.5 Å². The maximum Gasteiger partial charge on any atom is 0.281 e. The van der Waals surface area contributed by atoms with Crippen molar-refractivity contribution in [3.63, 3.8) is 0 Å². The first-order chi connectivity index (χ1) is 12.6. The predicted octanol–water partition coefficient (Wildman–Crippen LogP) is 4.56. The maximum absolute atomic E-state index is 13.2. The molecule has 4 rings (SSSR count). The lowest BCUT2D eigenvalue weighted by atomic mass is 9.91. The average molecular weight is 368 g/mol. The molecule has 0 radical (unpaired) electrons. The van der Waals surface area contributed by atoms with Gasteiger partial charge in [-0.2, -0.15) is 5.10 Å². The number of hydrazone groups is 1. The summed E-state index contributed by atoms with van der Waals surface area (Å²) in [6, 6.07) is 13.5. The van der Waals surface area contributed by atoms with Crippen LogP contribution >= 0.6 is 11.3 Å². The molecule has 0 aliphatic heterocycles. The summed E-state index contributed by atoms with van der Waals surface area (Å²) in [6.07, 6.45) is 3.16. The molecule has 0 fully saturated rings. The van der Waals surface area contributed by atoms with E-state index < -0.39 is 11.6 Å². The highest BCUT2D eigenvalue weighted by Crippen LogP contribution is 2.39. The van der Waals surface area contributed by atoms with Crippen LogP contribution in [0.15, 0.2) is 53.6 Å². The molecule has 1 heterocycles. The van der Waals surface area contributed by atoms with Gasteiger partial charge in [0.25, 0.3) is 5.91 Å². The van der Waals surface area contributed by atoms with Crippen molar-refractivity contribution in [1.82, 2.24) is 5.43 Å². The molecule has 1 amide bonds. The highest BCUT2D eigenvalue weighted by molar-refractivity contribution is 7.17. The standard InChI is InChI=1S/C20H14F2N2OS/c21-16-8-5-12(9-17(16)22)11-23-24-20(25)18-10-14-7-6-13-3-1-2-4-15(13)19(14)26-18/h1-5,8-11H,6-7H2,(H,24,25)/b23-11+. The molecule has 0 bridgehead atoms. The van der Waals surface area contributed by atoms with E-state index in [0.29, 0.717) is 10.4 Å². The van der Waals surface area contributed by atoms with Gasteiger partial charge in [-0.15, -0.1) is 11.3 Å². The first-order valence-electron chi connectivity index (χ1n) is 8.11. The first-order valence-corrected chi connectivity index (χ1v) is 8.93. The normalized spacial score (nSPS) is 12.7. The molecular formula is C20H14F2N2OS. The second kappa shape index (κ2) is 6.80. The second-order valence-electron chi connectivity index (χ2n) is 5.99. The summed E-state index contributed by atoms with van der Waals surface area (Å²) in [5, 5.41) is 3.83. The molecule has 6 heteroatoms. The maximum atomic E-state index is 13.2. The average Bonchev–Trinajstić information content (AvgIpc) is 3.09. The number of aryl methyl sites for hydroxylation is 2. The molecule has 0 spiro atoms. The van der Waals surface area contributed by atoms with Gasteiger partial charge in [-0.25, -0.2) is 14.2 Å². The molecule has 0 unspecified atom stereocenters. The van der Waals surface area contributed by atoms with E-state index in [0.717, 1.165) is 29.9 Å². The third-order valence-electron chi connectivity index (χ3n) is 4.28. The van der Waals surface area contributed by atoms with Crippen LogP contribution < -0.4 is 5.43 Å². The number of hydrogen-bond acceptors (Lipinski definition) is 3. The number of hydrogen-bond donors (Lipinski definition) is 1. The minimum atomic E-state index is -0.954. The van der Waals surface area contributed by atoms with Crippen LogP contribution in [-0.2, 0) is 12.8 Å². The van der Waals surface area contributed by atoms with Gasteiger partial charge in [0.05, 0.1) is 11.1 Å². The van der Waals surface area contributed by atoms with Crippen LogP contribution in [0.1, 0.15) is 26.4 Å². The molecule has 1 aliphatic carbocycles. The molecule has 1 aliphatic rings. The number of carbonyl (C=O) groups is 1. The van der Waals surface area contributed by atoms with Gasteiger partial charge in [0.2, 0.25) is 0 Å². The smallest absolute Gasteiger partial charge is 0.266 e. The summed E-state index contributed by atoms with van der Waals surface area (Å²) < 4.78 is 26.1. The van der Waals surface area contributed by atoms with E-state index >= 15 is 0 Å². The Morgan fingerprint density at radius 2 is 1.85 bits per heavy atom. The molecule has 1 aromatic heterocycles. The van der Waals surface area contributed by atoms with Gasteiger partial charge in [-0.1, -0.05) is 30.3 Å². The lowest BCUT2D eigenvalue weighted by molar-refractivity contribution is 0.0959. The number of halogens is 2. The van der Waals surface area contributed by atoms with Gasteiger partial charge in [0.15, 0.2) is 11.6 Å². The van der Waals surface area contributed by atoms with E-state index in [1.807, 2.05) is 18.2 Å². The van der Waals surface area contributed by atoms with Crippen molar-refractivity contribution in [2.45, 2.75) is 12.8 Å². The summed E-state index contributed by atoms with van der Waals surface area (Å²) >= 11 is 1.44. The van der Waals surface area contributed by atoms with Gasteiger partial charge in [-0.3, -0.25) is 4.79 Å². The Morgan fingerprint density at radius 1 is 1.04 bits per heavy atom. The van der Waals surface area contributed by atoms with Crippen LogP contribution in [-0.4, -0.2) is 12.1 Å². The van der Waals surface area contributed by atoms with Crippen molar-refractivity contribution < 1.29 is 13.6 Å². The third kappa shape index (κ3) is 3.15. The van der Waals surface area contributed by atoms with Crippen LogP contribution in [0.4, 0.5) is 8.78 Å². The van der Waals surface area contributed by atoms with E-state index in [-0.39, 0.29) is 5.91 Å². The highest BCUT2D eigenvalue weighted by Gasteiger charge is 2.21.